The van der Waals surface area contributed by atoms with Crippen molar-refractivity contribution in [3.05, 3.63) is 0 Å². The fourth-order valence-electron chi connectivity index (χ4n) is 0.729. The van der Waals surface area contributed by atoms with Crippen molar-refractivity contribution in [2.24, 2.45) is 0 Å². The second kappa shape index (κ2) is 10.5. The van der Waals surface area contributed by atoms with Gasteiger partial charge in [-0.25, -0.2) is 0 Å². The molecule has 17 heavy (non-hydrogen) atoms. The first-order valence-corrected chi connectivity index (χ1v) is 9.75. The standard InChI is InChI=1S/2C4H9.C2H6O6.Sn/c2*1-3-4-2;3-1(4,5)2(6,7)8;/h2*1,3-4H2,2H3;3-8H;. The predicted octanol–water partition coefficient (Wildman–Crippen LogP) is -0.625. The van der Waals surface area contributed by atoms with Crippen LogP contribution in [-0.2, 0) is 0 Å². The molecule has 0 amide bonds. The molecule has 104 valence electrons. The Labute approximate surface area is 112 Å². The number of rotatable bonds is 7. The van der Waals surface area contributed by atoms with Crippen LogP contribution in [0.2, 0.25) is 8.87 Å². The van der Waals surface area contributed by atoms with E-state index in [1.807, 2.05) is 0 Å². The Morgan fingerprint density at radius 1 is 0.706 bits per heavy atom. The van der Waals surface area contributed by atoms with Crippen LogP contribution in [0.1, 0.15) is 39.5 Å². The third-order valence-corrected chi connectivity index (χ3v) is 5.90. The molecule has 0 aromatic heterocycles. The quantitative estimate of drug-likeness (QED) is 0.205. The van der Waals surface area contributed by atoms with Crippen LogP contribution in [0.4, 0.5) is 0 Å². The molecule has 0 heterocycles. The molecular formula is C10H24O6Sn. The molecular weight excluding hydrogens is 335 g/mol. The van der Waals surface area contributed by atoms with Gasteiger partial charge in [-0.1, -0.05) is 0 Å². The molecule has 0 unspecified atom stereocenters. The number of aliphatic hydroxyl groups is 6. The molecule has 0 aliphatic carbocycles. The summed E-state index contributed by atoms with van der Waals surface area (Å²) < 4.78 is 3.25. The maximum absolute atomic E-state index is 7.72. The van der Waals surface area contributed by atoms with Crippen LogP contribution >= 0.6 is 0 Å². The molecule has 6 N–H and O–H groups in total. The van der Waals surface area contributed by atoms with E-state index in [9.17, 15) is 0 Å². The largest absolute Gasteiger partial charge is 0.362 e. The first-order valence-electron chi connectivity index (χ1n) is 5.71. The van der Waals surface area contributed by atoms with Crippen molar-refractivity contribution in [2.45, 2.75) is 60.4 Å². The van der Waals surface area contributed by atoms with E-state index < -0.39 is 11.9 Å². The zero-order valence-corrected chi connectivity index (χ0v) is 13.3. The molecule has 0 aliphatic rings. The van der Waals surface area contributed by atoms with Crippen LogP contribution in [0.3, 0.4) is 0 Å². The monoisotopic (exact) mass is 360 g/mol. The van der Waals surface area contributed by atoms with E-state index in [1.54, 1.807) is 8.87 Å². The summed E-state index contributed by atoms with van der Waals surface area (Å²) in [6.07, 6.45) is 5.84. The van der Waals surface area contributed by atoms with Gasteiger partial charge in [-0.05, 0) is 0 Å². The van der Waals surface area contributed by atoms with E-state index in [4.69, 9.17) is 30.6 Å². The first-order chi connectivity index (χ1) is 7.66. The normalized spacial score (nSPS) is 12.0. The van der Waals surface area contributed by atoms with Gasteiger partial charge < -0.3 is 30.6 Å². The molecule has 2 radical (unpaired) electrons. The molecule has 0 rings (SSSR count). The van der Waals surface area contributed by atoms with E-state index in [1.165, 1.54) is 25.7 Å². The van der Waals surface area contributed by atoms with E-state index in [0.717, 1.165) is 0 Å². The average Bonchev–Trinajstić information content (AvgIpc) is 2.15. The molecule has 0 aliphatic heterocycles. The van der Waals surface area contributed by atoms with E-state index in [0.29, 0.717) is 0 Å². The van der Waals surface area contributed by atoms with Crippen molar-refractivity contribution in [3.8, 4) is 0 Å². The van der Waals surface area contributed by atoms with E-state index >= 15 is 0 Å². The summed E-state index contributed by atoms with van der Waals surface area (Å²) in [5, 5.41) is 46.3. The van der Waals surface area contributed by atoms with Crippen molar-refractivity contribution >= 4 is 21.1 Å². The summed E-state index contributed by atoms with van der Waals surface area (Å²) >= 11 is 0.149. The Kier molecular flexibility index (Phi) is 12.3. The van der Waals surface area contributed by atoms with Crippen molar-refractivity contribution in [2.75, 3.05) is 0 Å². The van der Waals surface area contributed by atoms with Gasteiger partial charge in [0.05, 0.1) is 0 Å². The van der Waals surface area contributed by atoms with Gasteiger partial charge in [0, 0.05) is 0 Å². The molecule has 7 heteroatoms. The Balaban J connectivity index is 0. The third-order valence-electron chi connectivity index (χ3n) is 1.86. The maximum atomic E-state index is 7.72. The second-order valence-corrected chi connectivity index (χ2v) is 8.01. The van der Waals surface area contributed by atoms with Gasteiger partial charge in [0.15, 0.2) is 0 Å². The van der Waals surface area contributed by atoms with Gasteiger partial charge in [-0.2, -0.15) is 0 Å². The van der Waals surface area contributed by atoms with Crippen LogP contribution < -0.4 is 0 Å². The van der Waals surface area contributed by atoms with Gasteiger partial charge in [0.1, 0.15) is 0 Å². The summed E-state index contributed by atoms with van der Waals surface area (Å²) in [6.45, 7) is 4.58. The minimum absolute atomic E-state index is 0.149. The number of hydrogen-bond donors (Lipinski definition) is 6. The molecule has 0 saturated heterocycles. The zero-order chi connectivity index (χ0) is 13.9. The Bertz CT molecular complexity index is 145. The fraction of sp³-hybridized carbons (Fsp3) is 1.00. The summed E-state index contributed by atoms with van der Waals surface area (Å²) in [5.41, 5.74) is 0. The van der Waals surface area contributed by atoms with Crippen LogP contribution in [0.25, 0.3) is 0 Å². The van der Waals surface area contributed by atoms with E-state index in [2.05, 4.69) is 13.8 Å². The molecule has 6 nitrogen and oxygen atoms in total. The zero-order valence-electron chi connectivity index (χ0n) is 10.4. The average molecular weight is 359 g/mol. The van der Waals surface area contributed by atoms with Crippen LogP contribution in [0, 0.1) is 0 Å². The SMILES string of the molecule is CCC[CH2][Sn][CH2]CCC.OC(O)(O)C(O)(O)O. The topological polar surface area (TPSA) is 121 Å². The fourth-order valence-corrected chi connectivity index (χ4v) is 4.89. The number of hydrogen-bond acceptors (Lipinski definition) is 6. The van der Waals surface area contributed by atoms with Gasteiger partial charge in [-0.15, -0.1) is 0 Å². The van der Waals surface area contributed by atoms with Gasteiger partial charge in [0.25, 0.3) is 0 Å². The Hall–Kier alpha value is 0.559. The smallest absolute Gasteiger partial charge is 0.337 e. The van der Waals surface area contributed by atoms with Crippen LogP contribution in [0.5, 0.6) is 0 Å². The van der Waals surface area contributed by atoms with Gasteiger partial charge in [-0.3, -0.25) is 0 Å². The summed E-state index contributed by atoms with van der Waals surface area (Å²) in [7, 11) is 0. The van der Waals surface area contributed by atoms with Crippen molar-refractivity contribution < 1.29 is 30.6 Å². The molecule has 0 fully saturated rings. The first kappa shape index (κ1) is 19.9. The molecule has 0 spiro atoms. The van der Waals surface area contributed by atoms with Crippen molar-refractivity contribution in [1.29, 1.82) is 0 Å². The minimum atomic E-state index is -3.90. The van der Waals surface area contributed by atoms with Crippen molar-refractivity contribution in [1.82, 2.24) is 0 Å². The molecule has 0 aromatic carbocycles. The Morgan fingerprint density at radius 3 is 1.18 bits per heavy atom. The molecule has 0 aromatic rings. The van der Waals surface area contributed by atoms with Gasteiger partial charge >= 0.3 is 81.5 Å². The van der Waals surface area contributed by atoms with E-state index in [-0.39, 0.29) is 21.1 Å². The Morgan fingerprint density at radius 2 is 1.00 bits per heavy atom. The molecule has 0 saturated carbocycles. The van der Waals surface area contributed by atoms with Crippen molar-refractivity contribution in [3.63, 3.8) is 0 Å². The number of unbranched alkanes of at least 4 members (excludes halogenated alkanes) is 2. The minimum Gasteiger partial charge on any atom is -0.337 e. The van der Waals surface area contributed by atoms with Gasteiger partial charge in [0.2, 0.25) is 0 Å². The summed E-state index contributed by atoms with van der Waals surface area (Å²) in [5.74, 6) is -7.79. The molecule has 0 atom stereocenters. The van der Waals surface area contributed by atoms with Crippen LogP contribution in [0.15, 0.2) is 0 Å². The maximum Gasteiger partial charge on any atom is 0.362 e. The second-order valence-electron chi connectivity index (χ2n) is 3.73. The summed E-state index contributed by atoms with van der Waals surface area (Å²) in [6, 6.07) is 0. The third kappa shape index (κ3) is 14.5. The summed E-state index contributed by atoms with van der Waals surface area (Å²) in [4.78, 5) is 0. The van der Waals surface area contributed by atoms with Crippen LogP contribution in [-0.4, -0.2) is 63.7 Å². The molecule has 0 bridgehead atoms. The predicted molar refractivity (Wildman–Crippen MR) is 64.0 cm³/mol.